The van der Waals surface area contributed by atoms with Gasteiger partial charge in [0, 0.05) is 18.2 Å². The van der Waals surface area contributed by atoms with E-state index in [9.17, 15) is 0 Å². The summed E-state index contributed by atoms with van der Waals surface area (Å²) in [6.07, 6.45) is 2.37. The molecule has 0 unspecified atom stereocenters. The summed E-state index contributed by atoms with van der Waals surface area (Å²) in [7, 11) is 0. The van der Waals surface area contributed by atoms with Gasteiger partial charge >= 0.3 is 0 Å². The molecule has 0 saturated heterocycles. The lowest BCUT2D eigenvalue weighted by Gasteiger charge is -2.21. The molecule has 0 amide bonds. The van der Waals surface area contributed by atoms with E-state index in [1.807, 2.05) is 0 Å². The number of aryl methyl sites for hydroxylation is 1. The van der Waals surface area contributed by atoms with Crippen LogP contribution in [0.5, 0.6) is 0 Å². The Balaban J connectivity index is 2.15. The van der Waals surface area contributed by atoms with Crippen LogP contribution in [0, 0.1) is 0 Å². The van der Waals surface area contributed by atoms with Gasteiger partial charge in [0.2, 0.25) is 0 Å². The molecular weight excluding hydrogens is 354 g/mol. The Morgan fingerprint density at radius 3 is 2.03 bits per heavy atom. The third kappa shape index (κ3) is 4.34. The smallest absolute Gasteiger partial charge is 0.112 e. The highest BCUT2D eigenvalue weighted by molar-refractivity contribution is 5.91. The van der Waals surface area contributed by atoms with Crippen LogP contribution in [-0.4, -0.2) is 9.55 Å². The minimum absolute atomic E-state index is 0.404. The van der Waals surface area contributed by atoms with Crippen LogP contribution in [0.4, 0.5) is 11.4 Å². The molecule has 0 saturated carbocycles. The standard InChI is InChI=1S/C26H37N3/c1-8-9-16-29-23-15-11-14-22(25(23)28-26(29)19(6)7)27-24-20(17(2)3)12-10-13-21(24)18(4)5/h10-15,17-19,27H,8-9,16H2,1-7H3. The number of unbranched alkanes of at least 4 members (excludes halogenated alkanes) is 1. The largest absolute Gasteiger partial charge is 0.353 e. The van der Waals surface area contributed by atoms with Crippen LogP contribution in [0.15, 0.2) is 36.4 Å². The topological polar surface area (TPSA) is 29.9 Å². The molecule has 1 heterocycles. The fourth-order valence-electron chi connectivity index (χ4n) is 4.09. The normalized spacial score (nSPS) is 11.9. The van der Waals surface area contributed by atoms with Crippen LogP contribution < -0.4 is 5.32 Å². The third-order valence-corrected chi connectivity index (χ3v) is 5.69. The fourth-order valence-corrected chi connectivity index (χ4v) is 4.09. The van der Waals surface area contributed by atoms with Crippen molar-refractivity contribution in [1.29, 1.82) is 0 Å². The average molecular weight is 392 g/mol. The first-order valence-electron chi connectivity index (χ1n) is 11.2. The first kappa shape index (κ1) is 21.4. The molecule has 0 fully saturated rings. The van der Waals surface area contributed by atoms with E-state index in [2.05, 4.69) is 94.7 Å². The number of benzene rings is 2. The van der Waals surface area contributed by atoms with Gasteiger partial charge in [-0.25, -0.2) is 4.98 Å². The van der Waals surface area contributed by atoms with Gasteiger partial charge in [0.05, 0.1) is 11.2 Å². The molecule has 0 bridgehead atoms. The predicted octanol–water partition coefficient (Wildman–Crippen LogP) is 7.95. The van der Waals surface area contributed by atoms with Gasteiger partial charge in [0.25, 0.3) is 0 Å². The van der Waals surface area contributed by atoms with Crippen LogP contribution in [-0.2, 0) is 6.54 Å². The second kappa shape index (κ2) is 9.02. The first-order chi connectivity index (χ1) is 13.8. The van der Waals surface area contributed by atoms with Crippen molar-refractivity contribution in [2.75, 3.05) is 5.32 Å². The van der Waals surface area contributed by atoms with Crippen molar-refractivity contribution in [1.82, 2.24) is 9.55 Å². The highest BCUT2D eigenvalue weighted by Crippen LogP contribution is 2.37. The number of hydrogen-bond donors (Lipinski definition) is 1. The molecule has 156 valence electrons. The maximum atomic E-state index is 5.11. The van der Waals surface area contributed by atoms with Crippen LogP contribution in [0.25, 0.3) is 11.0 Å². The average Bonchev–Trinajstić information content (AvgIpc) is 3.06. The minimum Gasteiger partial charge on any atom is -0.353 e. The quantitative estimate of drug-likeness (QED) is 0.422. The Bertz CT molecular complexity index is 937. The van der Waals surface area contributed by atoms with Crippen molar-refractivity contribution >= 4 is 22.4 Å². The zero-order valence-corrected chi connectivity index (χ0v) is 19.2. The maximum absolute atomic E-state index is 5.11. The summed E-state index contributed by atoms with van der Waals surface area (Å²) in [6, 6.07) is 13.2. The molecule has 29 heavy (non-hydrogen) atoms. The highest BCUT2D eigenvalue weighted by atomic mass is 15.1. The molecule has 0 aliphatic heterocycles. The van der Waals surface area contributed by atoms with Gasteiger partial charge in [0.1, 0.15) is 11.3 Å². The molecule has 2 aromatic carbocycles. The molecule has 3 rings (SSSR count). The fraction of sp³-hybridized carbons (Fsp3) is 0.500. The van der Waals surface area contributed by atoms with E-state index >= 15 is 0 Å². The Morgan fingerprint density at radius 2 is 1.48 bits per heavy atom. The number of aromatic nitrogens is 2. The summed E-state index contributed by atoms with van der Waals surface area (Å²) in [5, 5.41) is 3.81. The van der Waals surface area contributed by atoms with E-state index in [4.69, 9.17) is 4.98 Å². The van der Waals surface area contributed by atoms with Crippen LogP contribution in [0.2, 0.25) is 0 Å². The number of para-hydroxylation sites is 2. The van der Waals surface area contributed by atoms with Gasteiger partial charge in [-0.3, -0.25) is 0 Å². The van der Waals surface area contributed by atoms with E-state index < -0.39 is 0 Å². The lowest BCUT2D eigenvalue weighted by Crippen LogP contribution is -2.05. The lowest BCUT2D eigenvalue weighted by atomic mass is 9.92. The first-order valence-corrected chi connectivity index (χ1v) is 11.2. The molecule has 0 aliphatic carbocycles. The highest BCUT2D eigenvalue weighted by Gasteiger charge is 2.18. The molecule has 3 aromatic rings. The molecule has 0 atom stereocenters. The number of rotatable bonds is 8. The molecule has 1 aromatic heterocycles. The number of nitrogens with zero attached hydrogens (tertiary/aromatic N) is 2. The number of anilines is 2. The number of imidazole rings is 1. The zero-order valence-electron chi connectivity index (χ0n) is 19.2. The number of fused-ring (bicyclic) bond motifs is 1. The van der Waals surface area contributed by atoms with Crippen LogP contribution in [0.1, 0.15) is 96.0 Å². The van der Waals surface area contributed by atoms with Gasteiger partial charge in [0.15, 0.2) is 0 Å². The van der Waals surface area contributed by atoms with Crippen LogP contribution in [0.3, 0.4) is 0 Å². The van der Waals surface area contributed by atoms with E-state index in [0.29, 0.717) is 17.8 Å². The van der Waals surface area contributed by atoms with Gasteiger partial charge in [-0.05, 0) is 41.5 Å². The number of nitrogens with one attached hydrogen (secondary N) is 1. The third-order valence-electron chi connectivity index (χ3n) is 5.69. The lowest BCUT2D eigenvalue weighted by molar-refractivity contribution is 0.595. The van der Waals surface area contributed by atoms with Crippen molar-refractivity contribution in [2.24, 2.45) is 0 Å². The summed E-state index contributed by atoms with van der Waals surface area (Å²) < 4.78 is 2.42. The van der Waals surface area contributed by atoms with Gasteiger partial charge in [-0.15, -0.1) is 0 Å². The molecule has 1 N–H and O–H groups in total. The zero-order chi connectivity index (χ0) is 21.1. The molecule has 0 spiro atoms. The SMILES string of the molecule is CCCCn1c(C(C)C)nc2c(Nc3c(C(C)C)cccc3C(C)C)cccc21. The summed E-state index contributed by atoms with van der Waals surface area (Å²) in [4.78, 5) is 5.11. The van der Waals surface area contributed by atoms with E-state index in [1.165, 1.54) is 41.0 Å². The second-order valence-electron chi connectivity index (χ2n) is 9.05. The molecule has 0 radical (unpaired) electrons. The Hall–Kier alpha value is -2.29. The monoisotopic (exact) mass is 391 g/mol. The Morgan fingerprint density at radius 1 is 0.862 bits per heavy atom. The van der Waals surface area contributed by atoms with Crippen molar-refractivity contribution in [2.45, 2.75) is 85.6 Å². The Labute approximate surface area is 176 Å². The van der Waals surface area contributed by atoms with E-state index in [1.54, 1.807) is 0 Å². The molecule has 0 aliphatic rings. The van der Waals surface area contributed by atoms with E-state index in [-0.39, 0.29) is 0 Å². The maximum Gasteiger partial charge on any atom is 0.112 e. The predicted molar refractivity (Wildman–Crippen MR) is 127 cm³/mol. The molecular formula is C26H37N3. The van der Waals surface area contributed by atoms with E-state index in [0.717, 1.165) is 17.7 Å². The van der Waals surface area contributed by atoms with Gasteiger partial charge in [-0.2, -0.15) is 0 Å². The minimum atomic E-state index is 0.404. The summed E-state index contributed by atoms with van der Waals surface area (Å²) in [5.74, 6) is 2.51. The van der Waals surface area contributed by atoms with Gasteiger partial charge < -0.3 is 9.88 Å². The van der Waals surface area contributed by atoms with Crippen molar-refractivity contribution in [3.63, 3.8) is 0 Å². The molecule has 3 heteroatoms. The summed E-state index contributed by atoms with van der Waals surface area (Å²) in [5.41, 5.74) is 7.40. The van der Waals surface area contributed by atoms with Crippen molar-refractivity contribution in [3.8, 4) is 0 Å². The number of hydrogen-bond acceptors (Lipinski definition) is 2. The van der Waals surface area contributed by atoms with Gasteiger partial charge in [-0.1, -0.05) is 79.2 Å². The van der Waals surface area contributed by atoms with Crippen LogP contribution >= 0.6 is 0 Å². The summed E-state index contributed by atoms with van der Waals surface area (Å²) in [6.45, 7) is 16.8. The molecule has 3 nitrogen and oxygen atoms in total. The Kier molecular flexibility index (Phi) is 6.66. The second-order valence-corrected chi connectivity index (χ2v) is 9.05. The van der Waals surface area contributed by atoms with Crippen molar-refractivity contribution in [3.05, 3.63) is 53.3 Å². The summed E-state index contributed by atoms with van der Waals surface area (Å²) >= 11 is 0. The van der Waals surface area contributed by atoms with Crippen molar-refractivity contribution < 1.29 is 0 Å².